The number of esters is 1. The van der Waals surface area contributed by atoms with Crippen LogP contribution in [0.15, 0.2) is 4.90 Å². The molecule has 0 aliphatic carbocycles. The Morgan fingerprint density at radius 3 is 2.79 bits per heavy atom. The molecule has 106 valence electrons. The summed E-state index contributed by atoms with van der Waals surface area (Å²) >= 11 is 2.96. The molecule has 2 N–H and O–H groups in total. The highest BCUT2D eigenvalue weighted by Crippen LogP contribution is 2.45. The Bertz CT molecular complexity index is 476. The van der Waals surface area contributed by atoms with Crippen LogP contribution in [0.4, 0.5) is 10.7 Å². The zero-order valence-corrected chi connectivity index (χ0v) is 12.9. The number of rotatable bonds is 4. The van der Waals surface area contributed by atoms with Crippen LogP contribution in [0.1, 0.15) is 16.1 Å². The average Bonchev–Trinajstić information content (AvgIpc) is 3.01. The van der Waals surface area contributed by atoms with Gasteiger partial charge in [0.05, 0.1) is 23.8 Å². The average molecular weight is 302 g/mol. The fraction of sp³-hybridized carbons (Fsp3) is 0.583. The van der Waals surface area contributed by atoms with Crippen LogP contribution in [0, 0.1) is 0 Å². The highest BCUT2D eigenvalue weighted by atomic mass is 32.2. The molecule has 0 radical (unpaired) electrons. The molecule has 0 amide bonds. The third-order valence-corrected chi connectivity index (χ3v) is 5.42. The van der Waals surface area contributed by atoms with Gasteiger partial charge in [0.1, 0.15) is 9.88 Å². The molecule has 1 saturated heterocycles. The molecule has 1 aromatic rings. The summed E-state index contributed by atoms with van der Waals surface area (Å²) in [6.45, 7) is 1.76. The number of methoxy groups -OCH3 is 2. The molecule has 0 bridgehead atoms. The number of carbonyl (C=O) groups excluding carboxylic acids is 1. The summed E-state index contributed by atoms with van der Waals surface area (Å²) in [7, 11) is 3.10. The molecular formula is C12H18N2O3S2. The summed E-state index contributed by atoms with van der Waals surface area (Å²) in [5.41, 5.74) is 6.58. The van der Waals surface area contributed by atoms with Gasteiger partial charge in [0, 0.05) is 20.2 Å². The van der Waals surface area contributed by atoms with Gasteiger partial charge < -0.3 is 20.1 Å². The standard InChI is InChI=1S/C12H18N2O3S2/c1-16-7-4-5-14(6-7)11-9(18-3)8(13)10(19-11)12(15)17-2/h7H,4-6,13H2,1-3H3. The predicted octanol–water partition coefficient (Wildman–Crippen LogP) is 2.06. The van der Waals surface area contributed by atoms with E-state index in [4.69, 9.17) is 15.2 Å². The number of nitrogen functional groups attached to an aromatic ring is 1. The Morgan fingerprint density at radius 1 is 1.53 bits per heavy atom. The molecule has 19 heavy (non-hydrogen) atoms. The first-order valence-electron chi connectivity index (χ1n) is 5.94. The number of thioether (sulfide) groups is 1. The predicted molar refractivity (Wildman–Crippen MR) is 79.5 cm³/mol. The second kappa shape index (κ2) is 6.02. The highest BCUT2D eigenvalue weighted by Gasteiger charge is 2.29. The summed E-state index contributed by atoms with van der Waals surface area (Å²) in [6.07, 6.45) is 3.21. The fourth-order valence-corrected chi connectivity index (χ4v) is 4.31. The fourth-order valence-electron chi connectivity index (χ4n) is 2.17. The van der Waals surface area contributed by atoms with E-state index in [1.165, 1.54) is 18.4 Å². The number of nitrogens with two attached hydrogens (primary N) is 1. The number of nitrogens with zero attached hydrogens (tertiary/aromatic N) is 1. The third-order valence-electron chi connectivity index (χ3n) is 3.22. The molecule has 0 saturated carbocycles. The SMILES string of the molecule is COC(=O)c1sc(N2CCC(OC)C2)c(SC)c1N. The van der Waals surface area contributed by atoms with Crippen LogP contribution in [0.3, 0.4) is 0 Å². The molecule has 0 spiro atoms. The number of ether oxygens (including phenoxy) is 2. The smallest absolute Gasteiger partial charge is 0.350 e. The molecule has 0 aromatic carbocycles. The number of anilines is 2. The minimum atomic E-state index is -0.369. The van der Waals surface area contributed by atoms with E-state index < -0.39 is 0 Å². The van der Waals surface area contributed by atoms with E-state index in [1.807, 2.05) is 6.26 Å². The van der Waals surface area contributed by atoms with Crippen molar-refractivity contribution in [2.24, 2.45) is 0 Å². The summed E-state index contributed by atoms with van der Waals surface area (Å²) in [4.78, 5) is 15.4. The van der Waals surface area contributed by atoms with Crippen molar-refractivity contribution >= 4 is 39.8 Å². The van der Waals surface area contributed by atoms with E-state index in [0.29, 0.717) is 10.6 Å². The Hall–Kier alpha value is -0.920. The van der Waals surface area contributed by atoms with Gasteiger partial charge in [-0.15, -0.1) is 23.1 Å². The van der Waals surface area contributed by atoms with Gasteiger partial charge in [0.25, 0.3) is 0 Å². The van der Waals surface area contributed by atoms with Gasteiger partial charge >= 0.3 is 5.97 Å². The zero-order valence-electron chi connectivity index (χ0n) is 11.3. The molecular weight excluding hydrogens is 284 g/mol. The van der Waals surface area contributed by atoms with Crippen molar-refractivity contribution in [3.05, 3.63) is 4.88 Å². The lowest BCUT2D eigenvalue weighted by molar-refractivity contribution is 0.0607. The van der Waals surface area contributed by atoms with Gasteiger partial charge in [-0.25, -0.2) is 4.79 Å². The van der Waals surface area contributed by atoms with Gasteiger partial charge in [0.2, 0.25) is 0 Å². The van der Waals surface area contributed by atoms with Crippen molar-refractivity contribution in [3.8, 4) is 0 Å². The van der Waals surface area contributed by atoms with Gasteiger partial charge in [0.15, 0.2) is 0 Å². The van der Waals surface area contributed by atoms with Crippen molar-refractivity contribution < 1.29 is 14.3 Å². The first kappa shape index (κ1) is 14.5. The van der Waals surface area contributed by atoms with Crippen molar-refractivity contribution in [3.63, 3.8) is 0 Å². The summed E-state index contributed by atoms with van der Waals surface area (Å²) in [5.74, 6) is -0.369. The first-order valence-corrected chi connectivity index (χ1v) is 7.98. The minimum Gasteiger partial charge on any atom is -0.465 e. The molecule has 1 aliphatic heterocycles. The molecule has 1 aromatic heterocycles. The highest BCUT2D eigenvalue weighted by molar-refractivity contribution is 7.99. The molecule has 1 unspecified atom stereocenters. The number of hydrogen-bond acceptors (Lipinski definition) is 7. The Kier molecular flexibility index (Phi) is 4.59. The molecule has 2 rings (SSSR count). The topological polar surface area (TPSA) is 64.8 Å². The Morgan fingerprint density at radius 2 is 2.26 bits per heavy atom. The molecule has 1 atom stereocenters. The first-order chi connectivity index (χ1) is 9.12. The van der Waals surface area contributed by atoms with E-state index >= 15 is 0 Å². The van der Waals surface area contributed by atoms with Crippen LogP contribution >= 0.6 is 23.1 Å². The molecule has 1 aliphatic rings. The van der Waals surface area contributed by atoms with Gasteiger partial charge in [-0.2, -0.15) is 0 Å². The van der Waals surface area contributed by atoms with Crippen LogP contribution in [-0.4, -0.2) is 45.6 Å². The summed E-state index contributed by atoms with van der Waals surface area (Å²) in [5, 5.41) is 1.05. The quantitative estimate of drug-likeness (QED) is 0.678. The normalized spacial score (nSPS) is 18.9. The molecule has 2 heterocycles. The Labute approximate surface area is 121 Å². The lowest BCUT2D eigenvalue weighted by Crippen LogP contribution is -2.21. The lowest BCUT2D eigenvalue weighted by Gasteiger charge is -2.17. The molecule has 1 fully saturated rings. The number of carbonyl (C=O) groups is 1. The monoisotopic (exact) mass is 302 g/mol. The van der Waals surface area contributed by atoms with Gasteiger partial charge in [-0.3, -0.25) is 0 Å². The second-order valence-electron chi connectivity index (χ2n) is 4.27. The second-order valence-corrected chi connectivity index (χ2v) is 6.08. The van der Waals surface area contributed by atoms with Crippen LogP contribution in [0.5, 0.6) is 0 Å². The lowest BCUT2D eigenvalue weighted by atomic mass is 10.3. The number of thiophene rings is 1. The van der Waals surface area contributed by atoms with E-state index in [-0.39, 0.29) is 12.1 Å². The van der Waals surface area contributed by atoms with E-state index in [9.17, 15) is 4.79 Å². The maximum atomic E-state index is 11.7. The summed E-state index contributed by atoms with van der Waals surface area (Å²) < 4.78 is 10.1. The maximum Gasteiger partial charge on any atom is 0.350 e. The van der Waals surface area contributed by atoms with Gasteiger partial charge in [-0.1, -0.05) is 0 Å². The largest absolute Gasteiger partial charge is 0.465 e. The van der Waals surface area contributed by atoms with Crippen molar-refractivity contribution in [1.82, 2.24) is 0 Å². The summed E-state index contributed by atoms with van der Waals surface area (Å²) in [6, 6.07) is 0. The van der Waals surface area contributed by atoms with Gasteiger partial charge in [-0.05, 0) is 12.7 Å². The van der Waals surface area contributed by atoms with Crippen LogP contribution in [0.2, 0.25) is 0 Å². The zero-order chi connectivity index (χ0) is 14.0. The maximum absolute atomic E-state index is 11.7. The molecule has 5 nitrogen and oxygen atoms in total. The number of hydrogen-bond donors (Lipinski definition) is 1. The van der Waals surface area contributed by atoms with Crippen molar-refractivity contribution in [1.29, 1.82) is 0 Å². The van der Waals surface area contributed by atoms with Crippen molar-refractivity contribution in [2.45, 2.75) is 17.4 Å². The van der Waals surface area contributed by atoms with E-state index in [2.05, 4.69) is 4.90 Å². The molecule has 7 heteroatoms. The van der Waals surface area contributed by atoms with Crippen LogP contribution < -0.4 is 10.6 Å². The van der Waals surface area contributed by atoms with Crippen LogP contribution in [0.25, 0.3) is 0 Å². The third kappa shape index (κ3) is 2.68. The van der Waals surface area contributed by atoms with E-state index in [0.717, 1.165) is 29.4 Å². The van der Waals surface area contributed by atoms with Crippen molar-refractivity contribution in [2.75, 3.05) is 44.2 Å². The Balaban J connectivity index is 2.32. The van der Waals surface area contributed by atoms with Crippen LogP contribution in [-0.2, 0) is 9.47 Å². The minimum absolute atomic E-state index is 0.250. The van der Waals surface area contributed by atoms with E-state index in [1.54, 1.807) is 18.9 Å².